The van der Waals surface area contributed by atoms with Crippen molar-refractivity contribution in [3.8, 4) is 0 Å². The summed E-state index contributed by atoms with van der Waals surface area (Å²) in [5.41, 5.74) is 1.30. The van der Waals surface area contributed by atoms with Gasteiger partial charge in [0.1, 0.15) is 16.7 Å². The highest BCUT2D eigenvalue weighted by atomic mass is 32.2. The Balaban J connectivity index is 2.80. The topological polar surface area (TPSA) is 109 Å². The zero-order valence-electron chi connectivity index (χ0n) is 16.6. The third-order valence-electron chi connectivity index (χ3n) is 4.42. The number of rotatable bonds is 6. The van der Waals surface area contributed by atoms with Crippen molar-refractivity contribution in [2.24, 2.45) is 10.9 Å². The van der Waals surface area contributed by atoms with Gasteiger partial charge < -0.3 is 14.7 Å². The van der Waals surface area contributed by atoms with Crippen molar-refractivity contribution in [2.45, 2.75) is 38.6 Å². The standard InChI is InChI=1S/C19H24N2O6S/c1-6-26-18(22)14-11(3)20-12(4)15(19(23)27-7-2)16(14)13-9-8-10-21(24)17(13)28(5)25/h8-10,14,16H,6-7H2,1-5H3. The fourth-order valence-corrected chi connectivity index (χ4v) is 4.25. The highest BCUT2D eigenvalue weighted by Gasteiger charge is 2.45. The number of nitrogens with zero attached hydrogens (tertiary/aromatic N) is 2. The lowest BCUT2D eigenvalue weighted by atomic mass is 9.76. The lowest BCUT2D eigenvalue weighted by molar-refractivity contribution is -0.646. The molecule has 3 atom stereocenters. The van der Waals surface area contributed by atoms with Gasteiger partial charge in [-0.3, -0.25) is 9.79 Å². The molecule has 0 saturated carbocycles. The Morgan fingerprint density at radius 3 is 2.46 bits per heavy atom. The molecule has 1 aromatic rings. The molecule has 3 unspecified atom stereocenters. The largest absolute Gasteiger partial charge is 0.618 e. The maximum Gasteiger partial charge on any atom is 0.336 e. The number of ether oxygens (including phenoxy) is 2. The second kappa shape index (κ2) is 9.09. The fraction of sp³-hybridized carbons (Fsp3) is 0.474. The molecular weight excluding hydrogens is 384 g/mol. The maximum atomic E-state index is 12.8. The van der Waals surface area contributed by atoms with E-state index in [4.69, 9.17) is 9.47 Å². The van der Waals surface area contributed by atoms with E-state index >= 15 is 0 Å². The first-order valence-corrected chi connectivity index (χ1v) is 10.5. The number of aliphatic imine (C=N–C) groups is 1. The summed E-state index contributed by atoms with van der Waals surface area (Å²) in [6.45, 7) is 6.94. The summed E-state index contributed by atoms with van der Waals surface area (Å²) in [6.07, 6.45) is 2.60. The van der Waals surface area contributed by atoms with Crippen LogP contribution in [0.2, 0.25) is 0 Å². The Hall–Kier alpha value is -2.55. The van der Waals surface area contributed by atoms with Crippen molar-refractivity contribution in [1.29, 1.82) is 0 Å². The van der Waals surface area contributed by atoms with Crippen LogP contribution >= 0.6 is 0 Å². The number of hydrogen-bond donors (Lipinski definition) is 0. The lowest BCUT2D eigenvalue weighted by Crippen LogP contribution is -2.40. The molecule has 2 rings (SSSR count). The van der Waals surface area contributed by atoms with Gasteiger partial charge in [0.25, 0.3) is 5.03 Å². The summed E-state index contributed by atoms with van der Waals surface area (Å²) in [6, 6.07) is 3.08. The number of carbonyl (C=O) groups is 2. The summed E-state index contributed by atoms with van der Waals surface area (Å²) >= 11 is 0. The Bertz CT molecular complexity index is 877. The molecule has 1 aliphatic heterocycles. The molecule has 0 N–H and O–H groups in total. The van der Waals surface area contributed by atoms with Gasteiger partial charge >= 0.3 is 11.9 Å². The number of esters is 2. The third kappa shape index (κ3) is 4.14. The summed E-state index contributed by atoms with van der Waals surface area (Å²) in [5, 5.41) is 12.3. The van der Waals surface area contributed by atoms with Crippen molar-refractivity contribution in [2.75, 3.05) is 19.5 Å². The molecule has 8 nitrogen and oxygen atoms in total. The van der Waals surface area contributed by atoms with Crippen LogP contribution in [0.1, 0.15) is 39.2 Å². The Morgan fingerprint density at radius 2 is 1.89 bits per heavy atom. The minimum absolute atomic E-state index is 0.0221. The Kier molecular flexibility index (Phi) is 7.06. The Morgan fingerprint density at radius 1 is 1.25 bits per heavy atom. The number of carbonyl (C=O) groups excluding carboxylic acids is 2. The van der Waals surface area contributed by atoms with Crippen molar-refractivity contribution < 1.29 is 28.0 Å². The van der Waals surface area contributed by atoms with Gasteiger partial charge in [-0.25, -0.2) is 9.00 Å². The molecule has 0 fully saturated rings. The molecule has 0 amide bonds. The maximum absolute atomic E-state index is 12.8. The van der Waals surface area contributed by atoms with Gasteiger partial charge in [-0.05, 0) is 33.8 Å². The van der Waals surface area contributed by atoms with Crippen LogP contribution in [-0.2, 0) is 29.9 Å². The van der Waals surface area contributed by atoms with E-state index in [1.54, 1.807) is 33.8 Å². The van der Waals surface area contributed by atoms with E-state index in [0.717, 1.165) is 0 Å². The summed E-state index contributed by atoms with van der Waals surface area (Å²) in [4.78, 5) is 29.8. The van der Waals surface area contributed by atoms with Crippen molar-refractivity contribution in [3.05, 3.63) is 40.4 Å². The highest BCUT2D eigenvalue weighted by Crippen LogP contribution is 2.41. The van der Waals surface area contributed by atoms with E-state index in [9.17, 15) is 19.0 Å². The van der Waals surface area contributed by atoms with Crippen molar-refractivity contribution >= 4 is 28.4 Å². The van der Waals surface area contributed by atoms with E-state index in [-0.39, 0.29) is 23.8 Å². The van der Waals surface area contributed by atoms with Crippen LogP contribution in [0.3, 0.4) is 0 Å². The van der Waals surface area contributed by atoms with Gasteiger partial charge in [0.15, 0.2) is 6.20 Å². The number of allylic oxidation sites excluding steroid dienone is 1. The van der Waals surface area contributed by atoms with Gasteiger partial charge in [0.2, 0.25) is 0 Å². The van der Waals surface area contributed by atoms with E-state index < -0.39 is 34.6 Å². The molecule has 0 aliphatic carbocycles. The van der Waals surface area contributed by atoms with Gasteiger partial charge in [0.05, 0.1) is 18.8 Å². The van der Waals surface area contributed by atoms with Gasteiger partial charge in [-0.1, -0.05) is 0 Å². The summed E-state index contributed by atoms with van der Waals surface area (Å²) < 4.78 is 23.2. The molecule has 152 valence electrons. The lowest BCUT2D eigenvalue weighted by Gasteiger charge is -2.31. The molecular formula is C19H24N2O6S. The monoisotopic (exact) mass is 408 g/mol. The van der Waals surface area contributed by atoms with E-state index in [2.05, 4.69) is 4.99 Å². The highest BCUT2D eigenvalue weighted by molar-refractivity contribution is 7.84. The van der Waals surface area contributed by atoms with E-state index in [1.807, 2.05) is 0 Å². The molecule has 0 radical (unpaired) electrons. The van der Waals surface area contributed by atoms with Crippen LogP contribution in [0.25, 0.3) is 0 Å². The van der Waals surface area contributed by atoms with Crippen LogP contribution in [0.4, 0.5) is 0 Å². The first kappa shape index (κ1) is 21.7. The zero-order chi connectivity index (χ0) is 21.0. The molecule has 1 aromatic heterocycles. The molecule has 28 heavy (non-hydrogen) atoms. The van der Waals surface area contributed by atoms with E-state index in [1.165, 1.54) is 18.5 Å². The summed E-state index contributed by atoms with van der Waals surface area (Å²) in [7, 11) is -1.66. The molecule has 0 aromatic carbocycles. The molecule has 9 heteroatoms. The minimum Gasteiger partial charge on any atom is -0.618 e. The smallest absolute Gasteiger partial charge is 0.336 e. The predicted molar refractivity (Wildman–Crippen MR) is 103 cm³/mol. The fourth-order valence-electron chi connectivity index (χ4n) is 3.40. The van der Waals surface area contributed by atoms with Crippen LogP contribution in [0.5, 0.6) is 0 Å². The van der Waals surface area contributed by atoms with Crippen LogP contribution in [-0.4, -0.2) is 41.3 Å². The molecule has 2 heterocycles. The average Bonchev–Trinajstić information content (AvgIpc) is 2.60. The first-order chi connectivity index (χ1) is 13.2. The minimum atomic E-state index is -1.66. The number of pyridine rings is 1. The van der Waals surface area contributed by atoms with Crippen LogP contribution in [0, 0.1) is 11.1 Å². The predicted octanol–water partition coefficient (Wildman–Crippen LogP) is 1.63. The first-order valence-electron chi connectivity index (χ1n) is 8.89. The van der Waals surface area contributed by atoms with Crippen LogP contribution in [0.15, 0.2) is 39.6 Å². The third-order valence-corrected chi connectivity index (χ3v) is 5.38. The average molecular weight is 408 g/mol. The van der Waals surface area contributed by atoms with Gasteiger partial charge in [-0.2, -0.15) is 4.73 Å². The van der Waals surface area contributed by atoms with Gasteiger partial charge in [-0.15, -0.1) is 0 Å². The normalized spacial score (nSPS) is 20.4. The second-order valence-corrected chi connectivity index (χ2v) is 7.52. The van der Waals surface area contributed by atoms with Crippen LogP contribution < -0.4 is 4.73 Å². The quantitative estimate of drug-likeness (QED) is 0.402. The number of aromatic nitrogens is 1. The Labute approximate surface area is 166 Å². The SMILES string of the molecule is CCOC(=O)C1=C(C)N=C(C)C(C(=O)OCC)C1c1ccc[n+]([O-])c1S(C)=O. The van der Waals surface area contributed by atoms with Gasteiger partial charge in [0, 0.05) is 35.2 Å². The van der Waals surface area contributed by atoms with Crippen molar-refractivity contribution in [3.63, 3.8) is 0 Å². The number of hydrogen-bond acceptors (Lipinski definition) is 7. The van der Waals surface area contributed by atoms with Crippen molar-refractivity contribution in [1.82, 2.24) is 0 Å². The molecule has 0 bridgehead atoms. The van der Waals surface area contributed by atoms with E-state index in [0.29, 0.717) is 21.7 Å². The summed E-state index contributed by atoms with van der Waals surface area (Å²) in [5.74, 6) is -3.04. The zero-order valence-corrected chi connectivity index (χ0v) is 17.4. The molecule has 1 aliphatic rings. The second-order valence-electron chi connectivity index (χ2n) is 6.23. The molecule has 0 spiro atoms. The molecule has 0 saturated heterocycles.